The number of pyridine rings is 1. The molecule has 0 aliphatic carbocycles. The van der Waals surface area contributed by atoms with Crippen LogP contribution in [0.5, 0.6) is 0 Å². The van der Waals surface area contributed by atoms with Gasteiger partial charge in [0.25, 0.3) is 0 Å². The van der Waals surface area contributed by atoms with Gasteiger partial charge in [0.2, 0.25) is 0 Å². The van der Waals surface area contributed by atoms with Crippen molar-refractivity contribution in [3.05, 3.63) is 31.0 Å². The first-order valence-corrected chi connectivity index (χ1v) is 3.43. The molecule has 0 saturated heterocycles. The van der Waals surface area contributed by atoms with Gasteiger partial charge in [-0.05, 0) is 12.1 Å². The van der Waals surface area contributed by atoms with Crippen LogP contribution in [0.4, 0.5) is 5.82 Å². The third-order valence-electron chi connectivity index (χ3n) is 1.49. The van der Waals surface area contributed by atoms with E-state index in [1.807, 2.05) is 6.07 Å². The standard InChI is InChI=1S/C7H7N5/c8-7-2-1-6(3-9-7)12-4-10-11-5-12/h1-5H,(H2,8,9). The van der Waals surface area contributed by atoms with E-state index >= 15 is 0 Å². The Kier molecular flexibility index (Phi) is 1.48. The molecule has 0 radical (unpaired) electrons. The van der Waals surface area contributed by atoms with E-state index in [9.17, 15) is 0 Å². The number of nitrogens with zero attached hydrogens (tertiary/aromatic N) is 4. The zero-order valence-electron chi connectivity index (χ0n) is 6.25. The van der Waals surface area contributed by atoms with Crippen molar-refractivity contribution in [3.63, 3.8) is 0 Å². The molecule has 0 aliphatic rings. The molecule has 0 spiro atoms. The molecule has 2 N–H and O–H groups in total. The van der Waals surface area contributed by atoms with Gasteiger partial charge in [0.1, 0.15) is 18.5 Å². The predicted octanol–water partition coefficient (Wildman–Crippen LogP) is 0.244. The van der Waals surface area contributed by atoms with Crippen molar-refractivity contribution in [1.29, 1.82) is 0 Å². The van der Waals surface area contributed by atoms with E-state index in [1.165, 1.54) is 0 Å². The van der Waals surface area contributed by atoms with Gasteiger partial charge in [-0.1, -0.05) is 0 Å². The first kappa shape index (κ1) is 6.78. The van der Waals surface area contributed by atoms with E-state index in [4.69, 9.17) is 5.73 Å². The van der Waals surface area contributed by atoms with Crippen LogP contribution in [0.1, 0.15) is 0 Å². The van der Waals surface area contributed by atoms with Crippen LogP contribution in [0.15, 0.2) is 31.0 Å². The number of hydrogen-bond donors (Lipinski definition) is 1. The first-order valence-electron chi connectivity index (χ1n) is 3.43. The van der Waals surface area contributed by atoms with Crippen molar-refractivity contribution in [2.24, 2.45) is 0 Å². The summed E-state index contributed by atoms with van der Waals surface area (Å²) in [5, 5.41) is 7.35. The highest BCUT2D eigenvalue weighted by atomic mass is 15.2. The van der Waals surface area contributed by atoms with E-state index in [0.29, 0.717) is 5.82 Å². The summed E-state index contributed by atoms with van der Waals surface area (Å²) < 4.78 is 1.76. The second-order valence-corrected chi connectivity index (χ2v) is 2.31. The topological polar surface area (TPSA) is 69.6 Å². The molecule has 2 heterocycles. The third-order valence-corrected chi connectivity index (χ3v) is 1.49. The highest BCUT2D eigenvalue weighted by molar-refractivity contribution is 5.36. The summed E-state index contributed by atoms with van der Waals surface area (Å²) in [5.41, 5.74) is 6.33. The summed E-state index contributed by atoms with van der Waals surface area (Å²) in [7, 11) is 0. The van der Waals surface area contributed by atoms with Gasteiger partial charge in [-0.2, -0.15) is 0 Å². The van der Waals surface area contributed by atoms with Crippen molar-refractivity contribution in [2.45, 2.75) is 0 Å². The summed E-state index contributed by atoms with van der Waals surface area (Å²) in [6.07, 6.45) is 4.87. The smallest absolute Gasteiger partial charge is 0.123 e. The molecular weight excluding hydrogens is 154 g/mol. The fourth-order valence-corrected chi connectivity index (χ4v) is 0.884. The molecule has 5 heteroatoms. The fourth-order valence-electron chi connectivity index (χ4n) is 0.884. The SMILES string of the molecule is Nc1ccc(-n2cnnc2)cn1. The van der Waals surface area contributed by atoms with Gasteiger partial charge >= 0.3 is 0 Å². The van der Waals surface area contributed by atoms with E-state index in [1.54, 1.807) is 29.5 Å². The van der Waals surface area contributed by atoms with E-state index < -0.39 is 0 Å². The Labute approximate surface area is 68.9 Å². The first-order chi connectivity index (χ1) is 5.86. The molecule has 2 aromatic heterocycles. The van der Waals surface area contributed by atoms with Crippen molar-refractivity contribution < 1.29 is 0 Å². The lowest BCUT2D eigenvalue weighted by molar-refractivity contribution is 1.04. The molecule has 0 fully saturated rings. The number of rotatable bonds is 1. The summed E-state index contributed by atoms with van der Waals surface area (Å²) in [6.45, 7) is 0. The minimum absolute atomic E-state index is 0.506. The molecule has 2 rings (SSSR count). The zero-order chi connectivity index (χ0) is 8.39. The number of hydrogen-bond acceptors (Lipinski definition) is 4. The van der Waals surface area contributed by atoms with Crippen molar-refractivity contribution in [2.75, 3.05) is 5.73 Å². The van der Waals surface area contributed by atoms with Crippen LogP contribution in [-0.4, -0.2) is 19.7 Å². The molecule has 0 unspecified atom stereocenters. The van der Waals surface area contributed by atoms with Crippen LogP contribution in [0.2, 0.25) is 0 Å². The van der Waals surface area contributed by atoms with Gasteiger partial charge in [0, 0.05) is 0 Å². The molecular formula is C7H7N5. The lowest BCUT2D eigenvalue weighted by Gasteiger charge is -1.98. The van der Waals surface area contributed by atoms with Crippen LogP contribution >= 0.6 is 0 Å². The molecule has 5 nitrogen and oxygen atoms in total. The second kappa shape index (κ2) is 2.61. The van der Waals surface area contributed by atoms with Gasteiger partial charge in [-0.15, -0.1) is 10.2 Å². The van der Waals surface area contributed by atoms with Crippen molar-refractivity contribution in [3.8, 4) is 5.69 Å². The second-order valence-electron chi connectivity index (χ2n) is 2.31. The molecule has 12 heavy (non-hydrogen) atoms. The fraction of sp³-hybridized carbons (Fsp3) is 0. The maximum absolute atomic E-state index is 5.43. The molecule has 0 atom stereocenters. The van der Waals surface area contributed by atoms with Gasteiger partial charge < -0.3 is 5.73 Å². The van der Waals surface area contributed by atoms with Crippen LogP contribution < -0.4 is 5.73 Å². The van der Waals surface area contributed by atoms with Crippen molar-refractivity contribution >= 4 is 5.82 Å². The Hall–Kier alpha value is -1.91. The molecule has 0 bridgehead atoms. The molecule has 0 saturated carbocycles. The Bertz CT molecular complexity index is 350. The predicted molar refractivity (Wildman–Crippen MR) is 43.6 cm³/mol. The molecule has 0 amide bonds. The van der Waals surface area contributed by atoms with E-state index in [-0.39, 0.29) is 0 Å². The average molecular weight is 161 g/mol. The quantitative estimate of drug-likeness (QED) is 0.650. The number of nitrogen functional groups attached to an aromatic ring is 1. The number of aromatic nitrogens is 4. The van der Waals surface area contributed by atoms with Crippen molar-refractivity contribution in [1.82, 2.24) is 19.7 Å². The van der Waals surface area contributed by atoms with E-state index in [0.717, 1.165) is 5.69 Å². The number of nitrogens with two attached hydrogens (primary N) is 1. The minimum atomic E-state index is 0.506. The van der Waals surface area contributed by atoms with Crippen LogP contribution in [0, 0.1) is 0 Å². The monoisotopic (exact) mass is 161 g/mol. The molecule has 60 valence electrons. The maximum atomic E-state index is 5.43. The zero-order valence-corrected chi connectivity index (χ0v) is 6.25. The summed E-state index contributed by atoms with van der Waals surface area (Å²) in [4.78, 5) is 3.94. The average Bonchev–Trinajstić information content (AvgIpc) is 2.58. The number of anilines is 1. The Balaban J connectivity index is 2.43. The lowest BCUT2D eigenvalue weighted by atomic mass is 10.4. The van der Waals surface area contributed by atoms with Crippen LogP contribution in [0.25, 0.3) is 5.69 Å². The van der Waals surface area contributed by atoms with Gasteiger partial charge in [0.15, 0.2) is 0 Å². The molecule has 2 aromatic rings. The normalized spacial score (nSPS) is 10.0. The highest BCUT2D eigenvalue weighted by Gasteiger charge is 1.94. The lowest BCUT2D eigenvalue weighted by Crippen LogP contribution is -1.93. The highest BCUT2D eigenvalue weighted by Crippen LogP contribution is 2.05. The largest absolute Gasteiger partial charge is 0.384 e. The Morgan fingerprint density at radius 1 is 1.17 bits per heavy atom. The summed E-state index contributed by atoms with van der Waals surface area (Å²) in [6, 6.07) is 3.58. The van der Waals surface area contributed by atoms with Gasteiger partial charge in [-0.25, -0.2) is 4.98 Å². The summed E-state index contributed by atoms with van der Waals surface area (Å²) >= 11 is 0. The van der Waals surface area contributed by atoms with Crippen LogP contribution in [-0.2, 0) is 0 Å². The Morgan fingerprint density at radius 2 is 1.92 bits per heavy atom. The van der Waals surface area contributed by atoms with Gasteiger partial charge in [-0.3, -0.25) is 4.57 Å². The molecule has 0 aliphatic heterocycles. The maximum Gasteiger partial charge on any atom is 0.123 e. The summed E-state index contributed by atoms with van der Waals surface area (Å²) in [5.74, 6) is 0.506. The van der Waals surface area contributed by atoms with E-state index in [2.05, 4.69) is 15.2 Å². The minimum Gasteiger partial charge on any atom is -0.384 e. The molecule has 0 aromatic carbocycles. The van der Waals surface area contributed by atoms with Gasteiger partial charge in [0.05, 0.1) is 11.9 Å². The third kappa shape index (κ3) is 1.12. The van der Waals surface area contributed by atoms with Crippen LogP contribution in [0.3, 0.4) is 0 Å². The Morgan fingerprint density at radius 3 is 2.50 bits per heavy atom.